The number of hydrazine groups is 1. The van der Waals surface area contributed by atoms with Gasteiger partial charge in [-0.2, -0.15) is 0 Å². The number of amidine groups is 1. The van der Waals surface area contributed by atoms with Crippen LogP contribution >= 0.6 is 11.6 Å². The molecule has 0 radical (unpaired) electrons. The molecule has 1 aromatic heterocycles. The number of rotatable bonds is 3. The van der Waals surface area contributed by atoms with Crippen molar-refractivity contribution in [1.82, 2.24) is 15.0 Å². The van der Waals surface area contributed by atoms with Gasteiger partial charge in [0, 0.05) is 16.8 Å². The maximum atomic E-state index is 13.7. The third-order valence-corrected chi connectivity index (χ3v) is 6.47. The Morgan fingerprint density at radius 2 is 1.82 bits per heavy atom. The molecule has 2 aromatic carbocycles. The van der Waals surface area contributed by atoms with Gasteiger partial charge in [0.05, 0.1) is 22.8 Å². The van der Waals surface area contributed by atoms with Gasteiger partial charge in [0.25, 0.3) is 5.56 Å². The zero-order valence-corrected chi connectivity index (χ0v) is 19.1. The first-order valence-electron chi connectivity index (χ1n) is 10.0. The number of nitrogens with two attached hydrogens (primary N) is 2. The lowest BCUT2D eigenvalue weighted by Gasteiger charge is -2.20. The molecule has 172 valence electrons. The summed E-state index contributed by atoms with van der Waals surface area (Å²) < 4.78 is 25.1. The molecule has 2 aliphatic heterocycles. The van der Waals surface area contributed by atoms with Crippen LogP contribution in [0, 0.1) is 0 Å². The molecule has 12 heteroatoms. The van der Waals surface area contributed by atoms with E-state index in [1.54, 1.807) is 48.6 Å². The zero-order valence-electron chi connectivity index (χ0n) is 17.5. The lowest BCUT2D eigenvalue weighted by atomic mass is 10.2. The summed E-state index contributed by atoms with van der Waals surface area (Å²) in [5.74, 6) is 0.682. The van der Waals surface area contributed by atoms with Crippen molar-refractivity contribution in [2.75, 3.05) is 11.6 Å². The minimum absolute atomic E-state index is 0.0654. The highest BCUT2D eigenvalue weighted by Crippen LogP contribution is 2.23. The van der Waals surface area contributed by atoms with Crippen LogP contribution in [0.25, 0.3) is 17.5 Å². The summed E-state index contributed by atoms with van der Waals surface area (Å²) in [4.78, 5) is 22.6. The van der Waals surface area contributed by atoms with Crippen LogP contribution in [0.1, 0.15) is 0 Å². The third-order valence-electron chi connectivity index (χ3n) is 5.31. The van der Waals surface area contributed by atoms with Crippen molar-refractivity contribution in [3.8, 4) is 5.69 Å². The molecule has 0 spiro atoms. The van der Waals surface area contributed by atoms with Crippen LogP contribution in [0.3, 0.4) is 0 Å². The summed E-state index contributed by atoms with van der Waals surface area (Å²) >= 11 is 6.04. The molecule has 3 aromatic rings. The summed E-state index contributed by atoms with van der Waals surface area (Å²) in [5, 5.41) is 7.63. The predicted octanol–water partition coefficient (Wildman–Crippen LogP) is 0.00530. The van der Waals surface area contributed by atoms with Crippen molar-refractivity contribution in [1.29, 1.82) is 0 Å². The number of dihydropyridines is 1. The lowest BCUT2D eigenvalue weighted by Crippen LogP contribution is -2.45. The van der Waals surface area contributed by atoms with E-state index in [2.05, 4.69) is 10.4 Å². The fourth-order valence-corrected chi connectivity index (χ4v) is 4.34. The number of primary sulfonamides is 1. The van der Waals surface area contributed by atoms with Gasteiger partial charge in [-0.15, -0.1) is 0 Å². The maximum Gasteiger partial charge on any atom is 0.269 e. The van der Waals surface area contributed by atoms with Crippen molar-refractivity contribution in [3.63, 3.8) is 0 Å². The predicted molar refractivity (Wildman–Crippen MR) is 131 cm³/mol. The van der Waals surface area contributed by atoms with E-state index in [0.717, 1.165) is 0 Å². The van der Waals surface area contributed by atoms with Gasteiger partial charge in [-0.1, -0.05) is 17.7 Å². The van der Waals surface area contributed by atoms with Crippen molar-refractivity contribution < 1.29 is 8.42 Å². The van der Waals surface area contributed by atoms with Crippen molar-refractivity contribution >= 4 is 50.7 Å². The summed E-state index contributed by atoms with van der Waals surface area (Å²) in [5.41, 5.74) is 10.5. The topological polar surface area (TPSA) is 149 Å². The highest BCUT2D eigenvalue weighted by atomic mass is 35.5. The fourth-order valence-electron chi connectivity index (χ4n) is 3.66. The molecule has 5 rings (SSSR count). The van der Waals surface area contributed by atoms with Gasteiger partial charge in [0.1, 0.15) is 16.5 Å². The Morgan fingerprint density at radius 3 is 2.50 bits per heavy atom. The fraction of sp³-hybridized carbons (Fsp3) is 0.0455. The van der Waals surface area contributed by atoms with Crippen LogP contribution < -0.4 is 37.6 Å². The minimum atomic E-state index is -3.92. The van der Waals surface area contributed by atoms with Gasteiger partial charge in [-0.25, -0.2) is 23.5 Å². The van der Waals surface area contributed by atoms with E-state index >= 15 is 0 Å². The van der Waals surface area contributed by atoms with Gasteiger partial charge in [0.15, 0.2) is 5.82 Å². The zero-order chi connectivity index (χ0) is 24.0. The molecule has 2 aliphatic rings. The number of anilines is 2. The summed E-state index contributed by atoms with van der Waals surface area (Å²) in [6.45, 7) is 0.235. The maximum absolute atomic E-state index is 13.7. The minimum Gasteiger partial charge on any atom is -0.384 e. The number of benzene rings is 2. The van der Waals surface area contributed by atoms with E-state index in [1.165, 1.54) is 27.9 Å². The van der Waals surface area contributed by atoms with Crippen LogP contribution in [-0.4, -0.2) is 30.3 Å². The smallest absolute Gasteiger partial charge is 0.269 e. The number of sulfonamides is 1. The summed E-state index contributed by atoms with van der Waals surface area (Å²) in [7, 11) is -3.92. The summed E-state index contributed by atoms with van der Waals surface area (Å²) in [6, 6.07) is 12.8. The molecule has 0 saturated heterocycles. The Labute approximate surface area is 198 Å². The SMILES string of the molecule is NC1=NC/C(=c2\nc3c(c(=O)n2-c2ccc(Cl)cc2)=CNN3c2cccc(S(N)(=O)=O)c2)C=C1. The van der Waals surface area contributed by atoms with Crippen molar-refractivity contribution in [3.05, 3.63) is 86.8 Å². The monoisotopic (exact) mass is 495 g/mol. The number of aromatic nitrogens is 2. The van der Waals surface area contributed by atoms with Crippen molar-refractivity contribution in [2.24, 2.45) is 15.9 Å². The number of nitrogens with zero attached hydrogens (tertiary/aromatic N) is 4. The van der Waals surface area contributed by atoms with Gasteiger partial charge in [0.2, 0.25) is 10.0 Å². The van der Waals surface area contributed by atoms with E-state index in [-0.39, 0.29) is 17.0 Å². The first-order valence-corrected chi connectivity index (χ1v) is 11.9. The lowest BCUT2D eigenvalue weighted by molar-refractivity contribution is 0.598. The van der Waals surface area contributed by atoms with Crippen LogP contribution in [0.15, 0.2) is 75.4 Å². The Kier molecular flexibility index (Phi) is 5.24. The standard InChI is InChI=1S/C22H18ClN7O3S/c23-14-5-7-15(8-6-14)29-20(13-4-9-19(24)26-11-13)28-21-18(22(29)31)12-27-30(21)16-2-1-3-17(10-16)34(25,32)33/h1-10,12,27H,11H2,(H2,24,26)(H2,25,32,33)/b20-13+. The molecule has 0 atom stereocenters. The van der Waals surface area contributed by atoms with Gasteiger partial charge in [-0.3, -0.25) is 19.8 Å². The Hall–Kier alpha value is -3.93. The number of halogens is 1. The quantitative estimate of drug-likeness (QED) is 0.463. The summed E-state index contributed by atoms with van der Waals surface area (Å²) in [6.07, 6.45) is 4.92. The molecule has 0 bridgehead atoms. The van der Waals surface area contributed by atoms with Crippen LogP contribution in [-0.2, 0) is 10.0 Å². The first-order chi connectivity index (χ1) is 16.2. The van der Waals surface area contributed by atoms with E-state index in [4.69, 9.17) is 27.5 Å². The van der Waals surface area contributed by atoms with Crippen LogP contribution in [0.5, 0.6) is 0 Å². The van der Waals surface area contributed by atoms with Crippen LogP contribution in [0.4, 0.5) is 11.5 Å². The second-order valence-corrected chi connectivity index (χ2v) is 9.54. The molecular formula is C22H18ClN7O3S. The number of hydrogen-bond donors (Lipinski definition) is 3. The Bertz CT molecular complexity index is 1680. The molecule has 10 nitrogen and oxygen atoms in total. The van der Waals surface area contributed by atoms with E-state index in [0.29, 0.717) is 44.3 Å². The highest BCUT2D eigenvalue weighted by molar-refractivity contribution is 7.89. The van der Waals surface area contributed by atoms with Crippen LogP contribution in [0.2, 0.25) is 5.02 Å². The van der Waals surface area contributed by atoms with E-state index < -0.39 is 10.0 Å². The largest absolute Gasteiger partial charge is 0.384 e. The van der Waals surface area contributed by atoms with E-state index in [1.807, 2.05) is 0 Å². The average molecular weight is 496 g/mol. The Morgan fingerprint density at radius 1 is 1.06 bits per heavy atom. The normalized spacial score (nSPS) is 16.5. The molecule has 0 aliphatic carbocycles. The number of hydrogen-bond acceptors (Lipinski definition) is 8. The molecule has 0 amide bonds. The molecule has 0 unspecified atom stereocenters. The van der Waals surface area contributed by atoms with Gasteiger partial charge in [-0.05, 0) is 54.6 Å². The average Bonchev–Trinajstić information content (AvgIpc) is 3.24. The molecule has 5 N–H and O–H groups in total. The first kappa shape index (κ1) is 21.9. The second-order valence-electron chi connectivity index (χ2n) is 7.54. The number of aliphatic imine (C=N–C) groups is 1. The Balaban J connectivity index is 1.77. The molecular weight excluding hydrogens is 478 g/mol. The molecule has 34 heavy (non-hydrogen) atoms. The third kappa shape index (κ3) is 3.85. The van der Waals surface area contributed by atoms with Crippen molar-refractivity contribution in [2.45, 2.75) is 4.90 Å². The molecule has 3 heterocycles. The van der Waals surface area contributed by atoms with Gasteiger partial charge >= 0.3 is 0 Å². The van der Waals surface area contributed by atoms with Gasteiger partial charge < -0.3 is 5.73 Å². The number of fused-ring (bicyclic) bond motifs is 1. The van der Waals surface area contributed by atoms with E-state index in [9.17, 15) is 13.2 Å². The molecule has 0 fully saturated rings. The molecule has 0 saturated carbocycles. The highest BCUT2D eigenvalue weighted by Gasteiger charge is 2.23. The number of nitrogens with one attached hydrogen (secondary N) is 1. The second kappa shape index (κ2) is 8.13.